The Balaban J connectivity index is 2.79. The van der Waals surface area contributed by atoms with Crippen molar-refractivity contribution in [3.63, 3.8) is 0 Å². The van der Waals surface area contributed by atoms with E-state index in [0.717, 1.165) is 11.3 Å². The molecule has 1 aromatic carbocycles. The fraction of sp³-hybridized carbons (Fsp3) is 0.222. The van der Waals surface area contributed by atoms with Crippen molar-refractivity contribution in [1.82, 2.24) is 0 Å². The number of benzene rings is 1. The molecule has 0 amide bonds. The molecule has 0 unspecified atom stereocenters. The third-order valence-corrected chi connectivity index (χ3v) is 1.65. The highest BCUT2D eigenvalue weighted by molar-refractivity contribution is 7.96. The summed E-state index contributed by atoms with van der Waals surface area (Å²) in [5, 5.41) is -0.136. The maximum atomic E-state index is 10.6. The minimum atomic E-state index is -0.136. The van der Waals surface area contributed by atoms with E-state index in [1.54, 1.807) is 7.11 Å². The van der Waals surface area contributed by atoms with Crippen LogP contribution in [-0.4, -0.2) is 12.2 Å². The van der Waals surface area contributed by atoms with E-state index in [2.05, 4.69) is 12.6 Å². The Morgan fingerprint density at radius 3 is 2.92 bits per heavy atom. The number of thiol groups is 1. The molecule has 0 atom stereocenters. The Hall–Kier alpha value is -0.960. The highest BCUT2D eigenvalue weighted by atomic mass is 32.1. The predicted molar refractivity (Wildman–Crippen MR) is 50.7 cm³/mol. The maximum Gasteiger partial charge on any atom is 0.190 e. The number of methoxy groups -OCH3 is 1. The standard InChI is InChI=1S/C9H10O2S/c1-11-8-4-2-3-7(5-8)6-9(10)12/h2-5H,6H2,1H3,(H,10,12). The second-order valence-corrected chi connectivity index (χ2v) is 2.92. The Kier molecular flexibility index (Phi) is 3.17. The second-order valence-electron chi connectivity index (χ2n) is 2.42. The maximum absolute atomic E-state index is 10.6. The first-order chi connectivity index (χ1) is 5.72. The summed E-state index contributed by atoms with van der Waals surface area (Å²) in [4.78, 5) is 10.6. The highest BCUT2D eigenvalue weighted by Gasteiger charge is 1.98. The lowest BCUT2D eigenvalue weighted by Gasteiger charge is -2.01. The van der Waals surface area contributed by atoms with Crippen LogP contribution >= 0.6 is 12.6 Å². The van der Waals surface area contributed by atoms with Gasteiger partial charge in [0.15, 0.2) is 5.12 Å². The summed E-state index contributed by atoms with van der Waals surface area (Å²) in [5.74, 6) is 0.766. The van der Waals surface area contributed by atoms with Crippen molar-refractivity contribution < 1.29 is 9.53 Å². The minimum absolute atomic E-state index is 0.136. The van der Waals surface area contributed by atoms with Crippen LogP contribution < -0.4 is 4.74 Å². The Morgan fingerprint density at radius 2 is 2.33 bits per heavy atom. The van der Waals surface area contributed by atoms with Crippen molar-refractivity contribution in [3.8, 4) is 5.75 Å². The molecule has 2 nitrogen and oxygen atoms in total. The van der Waals surface area contributed by atoms with E-state index in [4.69, 9.17) is 4.74 Å². The molecule has 0 bridgehead atoms. The first kappa shape index (κ1) is 9.13. The minimum Gasteiger partial charge on any atom is -0.497 e. The number of ether oxygens (including phenoxy) is 1. The first-order valence-electron chi connectivity index (χ1n) is 3.57. The molecule has 1 aromatic rings. The van der Waals surface area contributed by atoms with E-state index in [1.165, 1.54) is 0 Å². The van der Waals surface area contributed by atoms with Crippen LogP contribution in [0.15, 0.2) is 24.3 Å². The van der Waals surface area contributed by atoms with Crippen molar-refractivity contribution in [3.05, 3.63) is 29.8 Å². The first-order valence-corrected chi connectivity index (χ1v) is 4.02. The molecule has 0 aliphatic rings. The van der Waals surface area contributed by atoms with Crippen LogP contribution in [0.2, 0.25) is 0 Å². The van der Waals surface area contributed by atoms with Gasteiger partial charge in [-0.2, -0.15) is 0 Å². The molecule has 0 spiro atoms. The zero-order valence-corrected chi connectivity index (χ0v) is 7.67. The van der Waals surface area contributed by atoms with Gasteiger partial charge in [0.1, 0.15) is 5.75 Å². The van der Waals surface area contributed by atoms with Crippen molar-refractivity contribution in [2.75, 3.05) is 7.11 Å². The Labute approximate surface area is 77.0 Å². The molecule has 0 aliphatic heterocycles. The fourth-order valence-corrected chi connectivity index (χ4v) is 1.14. The molecular weight excluding hydrogens is 172 g/mol. The lowest BCUT2D eigenvalue weighted by atomic mass is 10.1. The van der Waals surface area contributed by atoms with Gasteiger partial charge in [-0.25, -0.2) is 0 Å². The van der Waals surface area contributed by atoms with E-state index in [-0.39, 0.29) is 5.12 Å². The number of hydrogen-bond acceptors (Lipinski definition) is 2. The van der Waals surface area contributed by atoms with Crippen molar-refractivity contribution in [2.45, 2.75) is 6.42 Å². The molecular formula is C9H10O2S. The molecule has 0 saturated heterocycles. The summed E-state index contributed by atoms with van der Waals surface area (Å²) < 4.78 is 5.00. The van der Waals surface area contributed by atoms with Crippen molar-refractivity contribution in [2.24, 2.45) is 0 Å². The zero-order valence-electron chi connectivity index (χ0n) is 6.78. The van der Waals surface area contributed by atoms with Crippen LogP contribution in [0.3, 0.4) is 0 Å². The molecule has 0 N–H and O–H groups in total. The fourth-order valence-electron chi connectivity index (χ4n) is 0.957. The van der Waals surface area contributed by atoms with Crippen LogP contribution in [0.1, 0.15) is 5.56 Å². The lowest BCUT2D eigenvalue weighted by molar-refractivity contribution is -0.110. The quantitative estimate of drug-likeness (QED) is 0.720. The molecule has 0 heterocycles. The SMILES string of the molecule is COc1cccc(CC(=O)S)c1. The van der Waals surface area contributed by atoms with Gasteiger partial charge < -0.3 is 4.74 Å². The molecule has 0 saturated carbocycles. The van der Waals surface area contributed by atoms with E-state index in [9.17, 15) is 4.79 Å². The van der Waals surface area contributed by atoms with Crippen molar-refractivity contribution >= 4 is 17.7 Å². The monoisotopic (exact) mass is 182 g/mol. The van der Waals surface area contributed by atoms with E-state index in [0.29, 0.717) is 6.42 Å². The molecule has 1 rings (SSSR count). The van der Waals surface area contributed by atoms with Crippen LogP contribution in [0, 0.1) is 0 Å². The normalized spacial score (nSPS) is 9.50. The van der Waals surface area contributed by atoms with Crippen LogP contribution in [0.4, 0.5) is 0 Å². The average molecular weight is 182 g/mol. The van der Waals surface area contributed by atoms with Gasteiger partial charge in [-0.1, -0.05) is 12.1 Å². The van der Waals surface area contributed by atoms with Gasteiger partial charge in [-0.15, -0.1) is 12.6 Å². The van der Waals surface area contributed by atoms with Crippen LogP contribution in [-0.2, 0) is 11.2 Å². The van der Waals surface area contributed by atoms with Gasteiger partial charge in [-0.05, 0) is 17.7 Å². The Bertz CT molecular complexity index is 284. The number of carbonyl (C=O) groups excluding carboxylic acids is 1. The van der Waals surface area contributed by atoms with Crippen LogP contribution in [0.5, 0.6) is 5.75 Å². The van der Waals surface area contributed by atoms with Gasteiger partial charge in [0.05, 0.1) is 7.11 Å². The number of carbonyl (C=O) groups is 1. The van der Waals surface area contributed by atoms with Gasteiger partial charge in [0.25, 0.3) is 0 Å². The summed E-state index contributed by atoms with van der Waals surface area (Å²) in [6.07, 6.45) is 0.348. The summed E-state index contributed by atoms with van der Waals surface area (Å²) >= 11 is 3.69. The highest BCUT2D eigenvalue weighted by Crippen LogP contribution is 2.13. The number of rotatable bonds is 3. The second kappa shape index (κ2) is 4.16. The summed E-state index contributed by atoms with van der Waals surface area (Å²) in [7, 11) is 1.60. The molecule has 0 aliphatic carbocycles. The van der Waals surface area contributed by atoms with Gasteiger partial charge in [0, 0.05) is 6.42 Å². The average Bonchev–Trinajstić information content (AvgIpc) is 2.03. The topological polar surface area (TPSA) is 26.3 Å². The molecule has 0 radical (unpaired) electrons. The lowest BCUT2D eigenvalue weighted by Crippen LogP contribution is -1.93. The predicted octanol–water partition coefficient (Wildman–Crippen LogP) is 1.69. The third-order valence-electron chi connectivity index (χ3n) is 1.49. The molecule has 64 valence electrons. The summed E-state index contributed by atoms with van der Waals surface area (Å²) in [6.45, 7) is 0. The zero-order chi connectivity index (χ0) is 8.97. The molecule has 0 aromatic heterocycles. The smallest absolute Gasteiger partial charge is 0.190 e. The Morgan fingerprint density at radius 1 is 1.58 bits per heavy atom. The van der Waals surface area contributed by atoms with Gasteiger partial charge in [-0.3, -0.25) is 4.79 Å². The van der Waals surface area contributed by atoms with Crippen molar-refractivity contribution in [1.29, 1.82) is 0 Å². The molecule has 0 fully saturated rings. The molecule has 12 heavy (non-hydrogen) atoms. The van der Waals surface area contributed by atoms with E-state index in [1.807, 2.05) is 24.3 Å². The van der Waals surface area contributed by atoms with Gasteiger partial charge >= 0.3 is 0 Å². The summed E-state index contributed by atoms with van der Waals surface area (Å²) in [6, 6.07) is 7.39. The number of hydrogen-bond donors (Lipinski definition) is 1. The largest absolute Gasteiger partial charge is 0.497 e. The van der Waals surface area contributed by atoms with E-state index >= 15 is 0 Å². The van der Waals surface area contributed by atoms with E-state index < -0.39 is 0 Å². The summed E-state index contributed by atoms with van der Waals surface area (Å²) in [5.41, 5.74) is 0.925. The molecule has 3 heteroatoms. The van der Waals surface area contributed by atoms with Gasteiger partial charge in [0.2, 0.25) is 0 Å². The van der Waals surface area contributed by atoms with Crippen LogP contribution in [0.25, 0.3) is 0 Å². The third kappa shape index (κ3) is 2.58.